The molecule has 2 aliphatic rings. The van der Waals surface area contributed by atoms with Gasteiger partial charge in [0.05, 0.1) is 24.4 Å². The van der Waals surface area contributed by atoms with Crippen LogP contribution in [0.25, 0.3) is 0 Å². The first-order valence-corrected chi connectivity index (χ1v) is 13.8. The normalized spacial score (nSPS) is 22.3. The van der Waals surface area contributed by atoms with Crippen LogP contribution in [0.15, 0.2) is 6.07 Å². The lowest BCUT2D eigenvalue weighted by atomic mass is 9.95. The summed E-state index contributed by atoms with van der Waals surface area (Å²) in [5, 5.41) is 3.75. The largest absolute Gasteiger partial charge is 0.462 e. The van der Waals surface area contributed by atoms with Gasteiger partial charge >= 0.3 is 5.97 Å². The van der Waals surface area contributed by atoms with Crippen LogP contribution in [0.3, 0.4) is 0 Å². The molecule has 0 saturated carbocycles. The number of nitrogens with one attached hydrogen (secondary N) is 1. The molecule has 2 fully saturated rings. The molecule has 37 heavy (non-hydrogen) atoms. The molecule has 0 aromatic carbocycles. The van der Waals surface area contributed by atoms with E-state index in [1.807, 2.05) is 6.07 Å². The van der Waals surface area contributed by atoms with Gasteiger partial charge in [0.2, 0.25) is 11.9 Å². The number of rotatable bonds is 8. The quantitative estimate of drug-likeness (QED) is 0.491. The van der Waals surface area contributed by atoms with Gasteiger partial charge in [0.15, 0.2) is 5.13 Å². The summed E-state index contributed by atoms with van der Waals surface area (Å²) in [4.78, 5) is 45.6. The third kappa shape index (κ3) is 6.30. The fourth-order valence-electron chi connectivity index (χ4n) is 5.01. The lowest BCUT2D eigenvalue weighted by Gasteiger charge is -2.43. The molecule has 4 heterocycles. The van der Waals surface area contributed by atoms with E-state index in [0.29, 0.717) is 40.7 Å². The summed E-state index contributed by atoms with van der Waals surface area (Å²) >= 11 is 1.22. The van der Waals surface area contributed by atoms with Crippen molar-refractivity contribution in [2.24, 2.45) is 17.6 Å². The molecule has 3 N–H and O–H groups in total. The Bertz CT molecular complexity index is 1120. The number of nitrogens with zero attached hydrogens (tertiary/aromatic N) is 6. The van der Waals surface area contributed by atoms with Crippen LogP contribution >= 0.6 is 11.3 Å². The molecule has 3 atom stereocenters. The number of anilines is 4. The zero-order valence-electron chi connectivity index (χ0n) is 22.4. The summed E-state index contributed by atoms with van der Waals surface area (Å²) < 4.78 is 5.16. The van der Waals surface area contributed by atoms with E-state index in [-0.39, 0.29) is 24.0 Å². The molecule has 4 rings (SSSR count). The van der Waals surface area contributed by atoms with E-state index in [4.69, 9.17) is 20.4 Å². The lowest BCUT2D eigenvalue weighted by Crippen LogP contribution is -2.50. The molecule has 2 aliphatic heterocycles. The minimum atomic E-state index is -0.386. The van der Waals surface area contributed by atoms with E-state index in [2.05, 4.69) is 46.0 Å². The maximum absolute atomic E-state index is 12.3. The number of carbonyl (C=O) groups is 2. The number of nitrogens with two attached hydrogens (primary N) is 1. The maximum atomic E-state index is 12.3. The Morgan fingerprint density at radius 2 is 1.97 bits per heavy atom. The number of carbonyl (C=O) groups excluding carboxylic acids is 2. The van der Waals surface area contributed by atoms with Crippen LogP contribution in [0.4, 0.5) is 22.7 Å². The highest BCUT2D eigenvalue weighted by Gasteiger charge is 2.31. The number of primary amides is 1. The predicted octanol–water partition coefficient (Wildman–Crippen LogP) is 2.99. The van der Waals surface area contributed by atoms with Crippen molar-refractivity contribution in [2.45, 2.75) is 52.6 Å². The molecule has 0 aliphatic carbocycles. The number of thiazole rings is 1. The van der Waals surface area contributed by atoms with Crippen LogP contribution < -0.4 is 20.9 Å². The van der Waals surface area contributed by atoms with Gasteiger partial charge in [0.25, 0.3) is 0 Å². The van der Waals surface area contributed by atoms with Crippen LogP contribution in [0.5, 0.6) is 0 Å². The molecule has 11 nitrogen and oxygen atoms in total. The van der Waals surface area contributed by atoms with Crippen LogP contribution in [0.2, 0.25) is 0 Å². The number of amides is 1. The van der Waals surface area contributed by atoms with Crippen molar-refractivity contribution in [2.75, 3.05) is 55.5 Å². The van der Waals surface area contributed by atoms with Crippen LogP contribution in [0.1, 0.15) is 54.9 Å². The lowest BCUT2D eigenvalue weighted by molar-refractivity contribution is -0.122. The number of hydrogen-bond donors (Lipinski definition) is 2. The highest BCUT2D eigenvalue weighted by atomic mass is 32.1. The molecule has 2 saturated heterocycles. The van der Waals surface area contributed by atoms with Gasteiger partial charge in [-0.15, -0.1) is 0 Å². The van der Waals surface area contributed by atoms with E-state index in [0.717, 1.165) is 50.4 Å². The van der Waals surface area contributed by atoms with Gasteiger partial charge in [-0.25, -0.2) is 9.78 Å². The Morgan fingerprint density at radius 3 is 2.68 bits per heavy atom. The zero-order valence-corrected chi connectivity index (χ0v) is 23.2. The summed E-state index contributed by atoms with van der Waals surface area (Å²) in [6.07, 6.45) is 3.98. The van der Waals surface area contributed by atoms with Gasteiger partial charge in [-0.2, -0.15) is 9.97 Å². The molecule has 202 valence electrons. The molecule has 12 heteroatoms. The van der Waals surface area contributed by atoms with Crippen molar-refractivity contribution >= 4 is 45.9 Å². The second kappa shape index (κ2) is 11.6. The van der Waals surface area contributed by atoms with Crippen molar-refractivity contribution in [3.63, 3.8) is 0 Å². The molecule has 0 radical (unpaired) electrons. The van der Waals surface area contributed by atoms with Crippen LogP contribution in [-0.4, -0.2) is 78.2 Å². The standard InChI is InChI=1S/C25H38N8O3S/c1-6-36-23(35)21-16(3)27-25(37-21)30-24-28-18(32-10-7-8-17(14-32)22(26)34)13-19(29-24)33-11-9-15(2)12-20(33)31(4)5/h13,15,17,20H,6-12,14H2,1-5H3,(H2,26,34)(H,27,28,29,30). The summed E-state index contributed by atoms with van der Waals surface area (Å²) in [6, 6.07) is 2.01. The Kier molecular flexibility index (Phi) is 8.48. The fourth-order valence-corrected chi connectivity index (χ4v) is 5.86. The molecule has 2 aromatic rings. The van der Waals surface area contributed by atoms with Gasteiger partial charge < -0.3 is 20.3 Å². The molecule has 2 aromatic heterocycles. The number of aromatic nitrogens is 3. The minimum absolute atomic E-state index is 0.205. The highest BCUT2D eigenvalue weighted by Crippen LogP contribution is 2.33. The van der Waals surface area contributed by atoms with E-state index in [1.54, 1.807) is 13.8 Å². The fraction of sp³-hybridized carbons (Fsp3) is 0.640. The van der Waals surface area contributed by atoms with Crippen molar-refractivity contribution in [1.29, 1.82) is 0 Å². The number of ether oxygens (including phenoxy) is 1. The van der Waals surface area contributed by atoms with E-state index in [1.165, 1.54) is 11.3 Å². The molecule has 3 unspecified atom stereocenters. The average molecular weight is 531 g/mol. The smallest absolute Gasteiger partial charge is 0.350 e. The Morgan fingerprint density at radius 1 is 1.22 bits per heavy atom. The number of esters is 1. The van der Waals surface area contributed by atoms with Crippen molar-refractivity contribution < 1.29 is 14.3 Å². The molecule has 0 spiro atoms. The topological polar surface area (TPSA) is 130 Å². The van der Waals surface area contributed by atoms with E-state index >= 15 is 0 Å². The van der Waals surface area contributed by atoms with Crippen LogP contribution in [0, 0.1) is 18.8 Å². The summed E-state index contributed by atoms with van der Waals surface area (Å²) in [7, 11) is 4.18. The van der Waals surface area contributed by atoms with Gasteiger partial charge in [0, 0.05) is 25.7 Å². The molecule has 1 amide bonds. The third-order valence-electron chi connectivity index (χ3n) is 7.05. The summed E-state index contributed by atoms with van der Waals surface area (Å²) in [6.45, 7) is 8.35. The van der Waals surface area contributed by atoms with Crippen molar-refractivity contribution in [1.82, 2.24) is 19.9 Å². The Labute approximate surface area is 222 Å². The van der Waals surface area contributed by atoms with E-state index in [9.17, 15) is 9.59 Å². The Balaban J connectivity index is 1.69. The number of hydrogen-bond acceptors (Lipinski definition) is 11. The summed E-state index contributed by atoms with van der Waals surface area (Å²) in [5.74, 6) is 1.71. The first-order valence-electron chi connectivity index (χ1n) is 12.9. The second-order valence-electron chi connectivity index (χ2n) is 10.1. The van der Waals surface area contributed by atoms with Gasteiger partial charge in [-0.05, 0) is 59.5 Å². The van der Waals surface area contributed by atoms with Gasteiger partial charge in [-0.1, -0.05) is 18.3 Å². The SMILES string of the molecule is CCOC(=O)c1sc(Nc2nc(N3CCCC(C(N)=O)C3)cc(N3CCC(C)CC3N(C)C)n2)nc1C. The van der Waals surface area contributed by atoms with Crippen molar-refractivity contribution in [3.05, 3.63) is 16.6 Å². The zero-order chi connectivity index (χ0) is 26.7. The highest BCUT2D eigenvalue weighted by molar-refractivity contribution is 7.17. The van der Waals surface area contributed by atoms with E-state index < -0.39 is 0 Å². The monoisotopic (exact) mass is 530 g/mol. The first kappa shape index (κ1) is 27.1. The second-order valence-corrected chi connectivity index (χ2v) is 11.1. The third-order valence-corrected chi connectivity index (χ3v) is 8.10. The molecular formula is C25H38N8O3S. The van der Waals surface area contributed by atoms with Crippen LogP contribution in [-0.2, 0) is 9.53 Å². The maximum Gasteiger partial charge on any atom is 0.350 e. The van der Waals surface area contributed by atoms with Crippen molar-refractivity contribution in [3.8, 4) is 0 Å². The average Bonchev–Trinajstić information content (AvgIpc) is 3.23. The summed E-state index contributed by atoms with van der Waals surface area (Å²) in [5.41, 5.74) is 6.24. The predicted molar refractivity (Wildman–Crippen MR) is 145 cm³/mol. The first-order chi connectivity index (χ1) is 17.7. The number of aryl methyl sites for hydroxylation is 1. The molecule has 0 bridgehead atoms. The minimum Gasteiger partial charge on any atom is -0.462 e. The van der Waals surface area contributed by atoms with Gasteiger partial charge in [0.1, 0.15) is 16.5 Å². The Hall–Kier alpha value is -2.99. The molecular weight excluding hydrogens is 492 g/mol. The van der Waals surface area contributed by atoms with Gasteiger partial charge in [-0.3, -0.25) is 15.0 Å². The number of piperidine rings is 2.